The highest BCUT2D eigenvalue weighted by Gasteiger charge is 2.26. The summed E-state index contributed by atoms with van der Waals surface area (Å²) in [5.74, 6) is 0.714. The lowest BCUT2D eigenvalue weighted by Crippen LogP contribution is -2.18. The summed E-state index contributed by atoms with van der Waals surface area (Å²) in [6, 6.07) is 7.87. The summed E-state index contributed by atoms with van der Waals surface area (Å²) in [7, 11) is -4.21. The summed E-state index contributed by atoms with van der Waals surface area (Å²) in [5, 5.41) is 0. The van der Waals surface area contributed by atoms with Gasteiger partial charge >= 0.3 is 7.82 Å². The number of ether oxygens (including phenoxy) is 1. The Balaban J connectivity index is 2.40. The normalized spacial score (nSPS) is 14.7. The number of phosphoric acid groups is 1. The van der Waals surface area contributed by atoms with E-state index < -0.39 is 13.9 Å². The molecule has 3 N–H and O–H groups in total. The van der Waals surface area contributed by atoms with E-state index in [1.807, 2.05) is 31.2 Å². The first-order chi connectivity index (χ1) is 18.3. The molecule has 220 valence electrons. The first kappa shape index (κ1) is 34.8. The average Bonchev–Trinajstić information content (AvgIpc) is 2.89. The van der Waals surface area contributed by atoms with Crippen LogP contribution in [0.25, 0.3) is 0 Å². The fourth-order valence-electron chi connectivity index (χ4n) is 4.41. The van der Waals surface area contributed by atoms with Gasteiger partial charge in [0.25, 0.3) is 0 Å². The molecule has 0 aliphatic carbocycles. The number of carbonyl (C=O) groups excluding carboxylic acids is 1. The molecule has 0 aromatic heterocycles. The van der Waals surface area contributed by atoms with Gasteiger partial charge in [0.15, 0.2) is 0 Å². The van der Waals surface area contributed by atoms with E-state index in [0.717, 1.165) is 17.7 Å². The van der Waals surface area contributed by atoms with Crippen LogP contribution in [0, 0.1) is 5.92 Å². The van der Waals surface area contributed by atoms with E-state index in [9.17, 15) is 14.3 Å². The molecule has 0 bridgehead atoms. The van der Waals surface area contributed by atoms with Crippen molar-refractivity contribution < 1.29 is 28.0 Å². The van der Waals surface area contributed by atoms with E-state index in [-0.39, 0.29) is 24.7 Å². The molecular weight excluding hydrogens is 501 g/mol. The van der Waals surface area contributed by atoms with Gasteiger partial charge in [0.2, 0.25) is 0 Å². The number of benzene rings is 1. The molecule has 0 aliphatic rings. The van der Waals surface area contributed by atoms with Gasteiger partial charge in [-0.15, -0.1) is 0 Å². The lowest BCUT2D eigenvalue weighted by atomic mass is 9.94. The highest BCUT2D eigenvalue weighted by Crippen LogP contribution is 2.45. The molecule has 0 amide bonds. The van der Waals surface area contributed by atoms with Crippen LogP contribution in [0.15, 0.2) is 24.3 Å². The van der Waals surface area contributed by atoms with E-state index in [4.69, 9.17) is 19.5 Å². The average molecular weight is 556 g/mol. The van der Waals surface area contributed by atoms with Crippen LogP contribution in [-0.2, 0) is 24.8 Å². The Labute approximate surface area is 231 Å². The number of carbonyl (C=O) groups is 1. The number of hydrogen-bond donors (Lipinski definition) is 2. The number of nitrogens with two attached hydrogens (primary N) is 1. The third-order valence-corrected chi connectivity index (χ3v) is 7.83. The molecular formula is C30H54NO6P. The second kappa shape index (κ2) is 21.6. The third kappa shape index (κ3) is 18.1. The number of rotatable bonds is 25. The second-order valence-electron chi connectivity index (χ2n) is 10.5. The minimum atomic E-state index is -4.21. The SMILES string of the molecule is CCCCCCCCCCCCOc1ccc(CC(COP(=O)(O)OC(C)CCCN)CC(=O)CC)cc1. The molecule has 1 rings (SSSR count). The summed E-state index contributed by atoms with van der Waals surface area (Å²) in [4.78, 5) is 22.2. The molecule has 0 fully saturated rings. The van der Waals surface area contributed by atoms with Crippen LogP contribution >= 0.6 is 7.82 Å². The van der Waals surface area contributed by atoms with Crippen molar-refractivity contribution in [3.63, 3.8) is 0 Å². The van der Waals surface area contributed by atoms with Crippen molar-refractivity contribution in [3.8, 4) is 5.75 Å². The first-order valence-corrected chi connectivity index (χ1v) is 16.4. The fraction of sp³-hybridized carbons (Fsp3) is 0.767. The van der Waals surface area contributed by atoms with Crippen molar-refractivity contribution in [1.29, 1.82) is 0 Å². The van der Waals surface area contributed by atoms with E-state index in [1.165, 1.54) is 57.8 Å². The van der Waals surface area contributed by atoms with Gasteiger partial charge in [0.05, 0.1) is 19.3 Å². The van der Waals surface area contributed by atoms with Crippen molar-refractivity contribution >= 4 is 13.6 Å². The minimum absolute atomic E-state index is 0.0277. The first-order valence-electron chi connectivity index (χ1n) is 14.9. The molecule has 1 aromatic rings. The van der Waals surface area contributed by atoms with Gasteiger partial charge in [0, 0.05) is 12.8 Å². The van der Waals surface area contributed by atoms with Gasteiger partial charge in [-0.3, -0.25) is 13.8 Å². The monoisotopic (exact) mass is 555 g/mol. The van der Waals surface area contributed by atoms with Crippen LogP contribution in [0.3, 0.4) is 0 Å². The molecule has 1 aromatic carbocycles. The van der Waals surface area contributed by atoms with Crippen molar-refractivity contribution in [1.82, 2.24) is 0 Å². The number of Topliss-reactive ketones (excluding diaryl/α,β-unsaturated/α-hetero) is 1. The summed E-state index contributed by atoms with van der Waals surface area (Å²) >= 11 is 0. The van der Waals surface area contributed by atoms with Crippen LogP contribution < -0.4 is 10.5 Å². The van der Waals surface area contributed by atoms with Crippen molar-refractivity contribution in [2.24, 2.45) is 11.7 Å². The molecule has 3 atom stereocenters. The van der Waals surface area contributed by atoms with Crippen molar-refractivity contribution in [2.75, 3.05) is 19.8 Å². The minimum Gasteiger partial charge on any atom is -0.494 e. The number of phosphoric ester groups is 1. The molecule has 8 heteroatoms. The molecule has 38 heavy (non-hydrogen) atoms. The molecule has 0 saturated carbocycles. The van der Waals surface area contributed by atoms with Crippen LogP contribution in [0.1, 0.15) is 116 Å². The van der Waals surface area contributed by atoms with E-state index in [2.05, 4.69) is 6.92 Å². The van der Waals surface area contributed by atoms with Gasteiger partial charge in [-0.1, -0.05) is 83.8 Å². The van der Waals surface area contributed by atoms with Gasteiger partial charge in [-0.25, -0.2) is 4.57 Å². The summed E-state index contributed by atoms with van der Waals surface area (Å²) in [5.41, 5.74) is 6.51. The summed E-state index contributed by atoms with van der Waals surface area (Å²) in [6.45, 7) is 6.98. The van der Waals surface area contributed by atoms with Crippen molar-refractivity contribution in [3.05, 3.63) is 29.8 Å². The van der Waals surface area contributed by atoms with E-state index in [0.29, 0.717) is 38.8 Å². The lowest BCUT2D eigenvalue weighted by molar-refractivity contribution is -0.120. The smallest absolute Gasteiger partial charge is 0.472 e. The molecule has 0 spiro atoms. The Morgan fingerprint density at radius 1 is 0.947 bits per heavy atom. The zero-order valence-electron chi connectivity index (χ0n) is 24.2. The maximum atomic E-state index is 12.4. The van der Waals surface area contributed by atoms with Gasteiger partial charge < -0.3 is 15.4 Å². The van der Waals surface area contributed by atoms with Crippen LogP contribution in [0.2, 0.25) is 0 Å². The predicted molar refractivity (Wildman–Crippen MR) is 156 cm³/mol. The largest absolute Gasteiger partial charge is 0.494 e. The topological polar surface area (TPSA) is 108 Å². The number of unbranched alkanes of at least 4 members (excludes halogenated alkanes) is 9. The predicted octanol–water partition coefficient (Wildman–Crippen LogP) is 7.78. The molecule has 0 heterocycles. The van der Waals surface area contributed by atoms with Gasteiger partial charge in [-0.05, 0) is 62.8 Å². The molecule has 3 unspecified atom stereocenters. The van der Waals surface area contributed by atoms with Crippen LogP contribution in [-0.4, -0.2) is 36.5 Å². The van der Waals surface area contributed by atoms with Crippen molar-refractivity contribution in [2.45, 2.75) is 123 Å². The number of ketones is 1. The summed E-state index contributed by atoms with van der Waals surface area (Å²) < 4.78 is 28.8. The molecule has 0 saturated heterocycles. The zero-order valence-corrected chi connectivity index (χ0v) is 25.1. The van der Waals surface area contributed by atoms with Gasteiger partial charge in [0.1, 0.15) is 11.5 Å². The zero-order chi connectivity index (χ0) is 28.1. The van der Waals surface area contributed by atoms with Crippen LogP contribution in [0.5, 0.6) is 5.75 Å². The molecule has 0 aliphatic heterocycles. The second-order valence-corrected chi connectivity index (χ2v) is 11.9. The van der Waals surface area contributed by atoms with Crippen LogP contribution in [0.4, 0.5) is 0 Å². The fourth-order valence-corrected chi connectivity index (χ4v) is 5.43. The third-order valence-electron chi connectivity index (χ3n) is 6.73. The quantitative estimate of drug-likeness (QED) is 0.0937. The highest BCUT2D eigenvalue weighted by molar-refractivity contribution is 7.47. The maximum absolute atomic E-state index is 12.4. The number of hydrogen-bond acceptors (Lipinski definition) is 6. The molecule has 0 radical (unpaired) electrons. The molecule has 7 nitrogen and oxygen atoms in total. The Bertz CT molecular complexity index is 773. The Morgan fingerprint density at radius 3 is 2.13 bits per heavy atom. The highest BCUT2D eigenvalue weighted by atomic mass is 31.2. The van der Waals surface area contributed by atoms with Gasteiger partial charge in [-0.2, -0.15) is 0 Å². The Morgan fingerprint density at radius 2 is 1.55 bits per heavy atom. The maximum Gasteiger partial charge on any atom is 0.472 e. The van der Waals surface area contributed by atoms with E-state index >= 15 is 0 Å². The van der Waals surface area contributed by atoms with E-state index in [1.54, 1.807) is 6.92 Å². The Kier molecular flexibility index (Phi) is 19.7. The Hall–Kier alpha value is -1.24. The lowest BCUT2D eigenvalue weighted by Gasteiger charge is -2.21. The standard InChI is InChI=1S/C30H54NO6P/c1-4-6-7-8-9-10-11-12-13-14-22-35-30-19-17-27(18-20-30)23-28(24-29(32)5-2)25-36-38(33,34)37-26(3)16-15-21-31/h17-20,26,28H,4-16,21-25,31H2,1-3H3,(H,33,34). The summed E-state index contributed by atoms with van der Waals surface area (Å²) in [6.07, 6.45) is 15.1.